The Morgan fingerprint density at radius 2 is 2.05 bits per heavy atom. The number of aromatic nitrogens is 1. The van der Waals surface area contributed by atoms with Crippen LogP contribution in [0.4, 0.5) is 0 Å². The van der Waals surface area contributed by atoms with Gasteiger partial charge >= 0.3 is 0 Å². The van der Waals surface area contributed by atoms with Gasteiger partial charge in [-0.05, 0) is 36.2 Å². The molecule has 1 N–H and O–H groups in total. The molecule has 0 radical (unpaired) electrons. The van der Waals surface area contributed by atoms with Crippen LogP contribution in [0.2, 0.25) is 0 Å². The molecule has 0 saturated heterocycles. The van der Waals surface area contributed by atoms with E-state index in [9.17, 15) is 0 Å². The second kappa shape index (κ2) is 5.15. The molecule has 2 heterocycles. The average Bonchev–Trinajstić information content (AvgIpc) is 2.95. The van der Waals surface area contributed by atoms with Crippen molar-refractivity contribution >= 4 is 21.4 Å². The van der Waals surface area contributed by atoms with Gasteiger partial charge in [0.15, 0.2) is 0 Å². The number of aryl methyl sites for hydroxylation is 2. The summed E-state index contributed by atoms with van der Waals surface area (Å²) in [4.78, 5) is 4.36. The van der Waals surface area contributed by atoms with Crippen molar-refractivity contribution in [2.75, 3.05) is 0 Å². The summed E-state index contributed by atoms with van der Waals surface area (Å²) < 4.78 is 6.89. The third-order valence-electron chi connectivity index (χ3n) is 3.23. The van der Waals surface area contributed by atoms with Crippen molar-refractivity contribution in [2.24, 2.45) is 0 Å². The normalized spacial score (nSPS) is 11.3. The largest absolute Gasteiger partial charge is 0.444 e. The summed E-state index contributed by atoms with van der Waals surface area (Å²) in [6.45, 7) is 5.41. The molecule has 19 heavy (non-hydrogen) atoms. The average molecular weight is 272 g/mol. The smallest absolute Gasteiger partial charge is 0.208 e. The fraction of sp³-hybridized carbons (Fsp3) is 0.267. The van der Waals surface area contributed by atoms with E-state index in [1.807, 2.05) is 13.8 Å². The van der Waals surface area contributed by atoms with Crippen LogP contribution in [-0.4, -0.2) is 4.98 Å². The molecule has 0 amide bonds. The van der Waals surface area contributed by atoms with Gasteiger partial charge in [-0.1, -0.05) is 18.2 Å². The molecule has 3 rings (SSSR count). The second-order valence-electron chi connectivity index (χ2n) is 4.61. The highest BCUT2D eigenvalue weighted by Gasteiger charge is 2.06. The number of hydrogen-bond acceptors (Lipinski definition) is 4. The highest BCUT2D eigenvalue weighted by Crippen LogP contribution is 2.25. The zero-order chi connectivity index (χ0) is 13.2. The molecule has 3 aromatic rings. The van der Waals surface area contributed by atoms with Crippen LogP contribution in [0, 0.1) is 13.8 Å². The molecule has 0 spiro atoms. The lowest BCUT2D eigenvalue weighted by molar-refractivity contribution is 0.449. The Kier molecular flexibility index (Phi) is 3.36. The van der Waals surface area contributed by atoms with Crippen LogP contribution in [0.1, 0.15) is 22.9 Å². The van der Waals surface area contributed by atoms with Crippen molar-refractivity contribution < 1.29 is 4.42 Å². The van der Waals surface area contributed by atoms with Crippen molar-refractivity contribution in [1.29, 1.82) is 0 Å². The van der Waals surface area contributed by atoms with Crippen LogP contribution in [0.5, 0.6) is 0 Å². The fourth-order valence-corrected chi connectivity index (χ4v) is 3.05. The molecule has 0 aliphatic carbocycles. The molecular weight excluding hydrogens is 256 g/mol. The number of benzene rings is 1. The minimum atomic E-state index is 0.666. The first-order valence-corrected chi connectivity index (χ1v) is 7.21. The molecule has 0 aliphatic heterocycles. The highest BCUT2D eigenvalue weighted by molar-refractivity contribution is 7.17. The Hall–Kier alpha value is -1.65. The van der Waals surface area contributed by atoms with Crippen molar-refractivity contribution in [1.82, 2.24) is 10.3 Å². The third-order valence-corrected chi connectivity index (χ3v) is 4.24. The summed E-state index contributed by atoms with van der Waals surface area (Å²) in [5.41, 5.74) is 2.30. The highest BCUT2D eigenvalue weighted by atomic mass is 32.1. The van der Waals surface area contributed by atoms with E-state index in [0.717, 1.165) is 23.9 Å². The molecule has 0 unspecified atom stereocenters. The van der Waals surface area contributed by atoms with Gasteiger partial charge in [-0.15, -0.1) is 11.3 Å². The van der Waals surface area contributed by atoms with Gasteiger partial charge in [0.2, 0.25) is 5.89 Å². The topological polar surface area (TPSA) is 38.1 Å². The monoisotopic (exact) mass is 272 g/mol. The summed E-state index contributed by atoms with van der Waals surface area (Å²) >= 11 is 1.79. The number of nitrogens with zero attached hydrogens (tertiary/aromatic N) is 1. The maximum absolute atomic E-state index is 5.55. The second-order valence-corrected chi connectivity index (χ2v) is 5.52. The molecular formula is C15H16N2OS. The standard InChI is InChI=1S/C15H16N2OS/c1-10-11(2)18-15(17-10)8-16-7-12-9-19-14-6-4-3-5-13(12)14/h3-6,9,16H,7-8H2,1-2H3. The van der Waals surface area contributed by atoms with E-state index in [2.05, 4.69) is 39.9 Å². The Balaban J connectivity index is 1.66. The van der Waals surface area contributed by atoms with Crippen molar-refractivity contribution in [3.63, 3.8) is 0 Å². The van der Waals surface area contributed by atoms with Gasteiger partial charge in [-0.2, -0.15) is 0 Å². The van der Waals surface area contributed by atoms with E-state index < -0.39 is 0 Å². The first-order chi connectivity index (χ1) is 9.24. The first kappa shape index (κ1) is 12.4. The van der Waals surface area contributed by atoms with Gasteiger partial charge in [-0.25, -0.2) is 4.98 Å². The van der Waals surface area contributed by atoms with Crippen molar-refractivity contribution in [3.8, 4) is 0 Å². The third kappa shape index (κ3) is 2.55. The minimum Gasteiger partial charge on any atom is -0.444 e. The van der Waals surface area contributed by atoms with E-state index in [1.54, 1.807) is 11.3 Å². The molecule has 0 fully saturated rings. The van der Waals surface area contributed by atoms with E-state index in [0.29, 0.717) is 6.54 Å². The van der Waals surface area contributed by atoms with Gasteiger partial charge in [0, 0.05) is 11.2 Å². The summed E-state index contributed by atoms with van der Waals surface area (Å²) in [5.74, 6) is 1.66. The van der Waals surface area contributed by atoms with Gasteiger partial charge in [-0.3, -0.25) is 0 Å². The Morgan fingerprint density at radius 3 is 2.84 bits per heavy atom. The van der Waals surface area contributed by atoms with Crippen LogP contribution >= 0.6 is 11.3 Å². The van der Waals surface area contributed by atoms with Crippen molar-refractivity contribution in [3.05, 3.63) is 52.6 Å². The maximum atomic E-state index is 5.55. The summed E-state index contributed by atoms with van der Waals surface area (Å²) in [7, 11) is 0. The summed E-state index contributed by atoms with van der Waals surface area (Å²) in [5, 5.41) is 6.93. The van der Waals surface area contributed by atoms with E-state index in [4.69, 9.17) is 4.42 Å². The fourth-order valence-electron chi connectivity index (χ4n) is 2.09. The van der Waals surface area contributed by atoms with E-state index in [1.165, 1.54) is 15.6 Å². The molecule has 0 atom stereocenters. The molecule has 98 valence electrons. The van der Waals surface area contributed by atoms with Gasteiger partial charge in [0.05, 0.1) is 12.2 Å². The molecule has 4 heteroatoms. The lowest BCUT2D eigenvalue weighted by Crippen LogP contribution is -2.12. The number of hydrogen-bond donors (Lipinski definition) is 1. The molecule has 3 nitrogen and oxygen atoms in total. The molecule has 0 saturated carbocycles. The lowest BCUT2D eigenvalue weighted by Gasteiger charge is -2.01. The molecule has 2 aromatic heterocycles. The van der Waals surface area contributed by atoms with Crippen LogP contribution in [-0.2, 0) is 13.1 Å². The number of nitrogens with one attached hydrogen (secondary N) is 1. The van der Waals surface area contributed by atoms with Crippen LogP contribution in [0.15, 0.2) is 34.1 Å². The number of thiophene rings is 1. The van der Waals surface area contributed by atoms with Gasteiger partial charge < -0.3 is 9.73 Å². The molecule has 0 aliphatic rings. The quantitative estimate of drug-likeness (QED) is 0.785. The number of oxazole rings is 1. The van der Waals surface area contributed by atoms with Crippen LogP contribution < -0.4 is 5.32 Å². The Morgan fingerprint density at radius 1 is 1.21 bits per heavy atom. The predicted octanol–water partition coefficient (Wildman–Crippen LogP) is 3.80. The molecule has 1 aromatic carbocycles. The summed E-state index contributed by atoms with van der Waals surface area (Å²) in [6, 6.07) is 8.49. The number of fused-ring (bicyclic) bond motifs is 1. The SMILES string of the molecule is Cc1nc(CNCc2csc3ccccc23)oc1C. The zero-order valence-corrected chi connectivity index (χ0v) is 11.9. The lowest BCUT2D eigenvalue weighted by atomic mass is 10.2. The Labute approximate surface area is 116 Å². The summed E-state index contributed by atoms with van der Waals surface area (Å²) in [6.07, 6.45) is 0. The van der Waals surface area contributed by atoms with Gasteiger partial charge in [0.25, 0.3) is 0 Å². The first-order valence-electron chi connectivity index (χ1n) is 6.33. The zero-order valence-electron chi connectivity index (χ0n) is 11.1. The van der Waals surface area contributed by atoms with E-state index in [-0.39, 0.29) is 0 Å². The van der Waals surface area contributed by atoms with Gasteiger partial charge in [0.1, 0.15) is 5.76 Å². The minimum absolute atomic E-state index is 0.666. The maximum Gasteiger partial charge on any atom is 0.208 e. The predicted molar refractivity (Wildman–Crippen MR) is 78.3 cm³/mol. The Bertz CT molecular complexity index is 680. The van der Waals surface area contributed by atoms with E-state index >= 15 is 0 Å². The van der Waals surface area contributed by atoms with Crippen molar-refractivity contribution in [2.45, 2.75) is 26.9 Å². The number of rotatable bonds is 4. The molecule has 0 bridgehead atoms. The van der Waals surface area contributed by atoms with Crippen LogP contribution in [0.25, 0.3) is 10.1 Å². The van der Waals surface area contributed by atoms with Crippen LogP contribution in [0.3, 0.4) is 0 Å².